The number of rotatable bonds is 6. The van der Waals surface area contributed by atoms with Crippen molar-refractivity contribution in [1.82, 2.24) is 19.6 Å². The third-order valence-electron chi connectivity index (χ3n) is 7.18. The Morgan fingerprint density at radius 2 is 1.89 bits per heavy atom. The predicted octanol–water partition coefficient (Wildman–Crippen LogP) is 4.92. The summed E-state index contributed by atoms with van der Waals surface area (Å²) in [6, 6.07) is 8.96. The second-order valence-electron chi connectivity index (χ2n) is 10.8. The molecule has 1 aromatic carbocycles. The number of pyridine rings is 2. The first kappa shape index (κ1) is 26.2. The van der Waals surface area contributed by atoms with Gasteiger partial charge < -0.3 is 9.29 Å². The number of hydrogen-bond acceptors (Lipinski definition) is 6. The van der Waals surface area contributed by atoms with E-state index in [0.717, 1.165) is 50.2 Å². The molecule has 3 aromatic rings. The third-order valence-corrected chi connectivity index (χ3v) is 8.74. The van der Waals surface area contributed by atoms with Crippen LogP contribution >= 0.6 is 0 Å². The first-order valence-corrected chi connectivity index (χ1v) is 13.7. The number of likely N-dealkylation sites (tertiary alicyclic amines) is 1. The smallest absolute Gasteiger partial charge is 0.159 e. The van der Waals surface area contributed by atoms with Crippen LogP contribution in [0.5, 0.6) is 0 Å². The van der Waals surface area contributed by atoms with Crippen LogP contribution in [-0.2, 0) is 34.9 Å². The van der Waals surface area contributed by atoms with Gasteiger partial charge in [-0.3, -0.25) is 14.9 Å². The molecule has 5 rings (SSSR count). The van der Waals surface area contributed by atoms with E-state index in [4.69, 9.17) is 4.74 Å². The number of piperidine rings is 1. The Morgan fingerprint density at radius 3 is 2.57 bits per heavy atom. The van der Waals surface area contributed by atoms with E-state index in [1.54, 1.807) is 6.20 Å². The summed E-state index contributed by atoms with van der Waals surface area (Å²) in [7, 11) is 0. The Bertz CT molecular complexity index is 1240. The normalized spacial score (nSPS) is 19.1. The van der Waals surface area contributed by atoms with E-state index in [2.05, 4.69) is 19.6 Å². The highest BCUT2D eigenvalue weighted by atomic mass is 32.2. The van der Waals surface area contributed by atoms with Crippen molar-refractivity contribution in [2.75, 3.05) is 13.1 Å². The molecule has 2 atom stereocenters. The predicted molar refractivity (Wildman–Crippen MR) is 139 cm³/mol. The second kappa shape index (κ2) is 10.4. The van der Waals surface area contributed by atoms with E-state index >= 15 is 0 Å². The Morgan fingerprint density at radius 1 is 1.11 bits per heavy atom. The SMILES string of the molecule is CC(C)(C)[S+]([O-])N[C@@H](c1ccc(F)c(F)c1)c1ccc(CN2CCC3(CC2)OCc2ccncc23)cn1. The number of nitrogens with zero attached hydrogens (tertiary/aromatic N) is 3. The summed E-state index contributed by atoms with van der Waals surface area (Å²) >= 11 is -1.44. The van der Waals surface area contributed by atoms with E-state index < -0.39 is 33.8 Å². The highest BCUT2D eigenvalue weighted by Crippen LogP contribution is 2.43. The zero-order valence-corrected chi connectivity index (χ0v) is 22.2. The minimum Gasteiger partial charge on any atom is -0.598 e. The Kier molecular flexibility index (Phi) is 7.35. The molecule has 0 radical (unpaired) electrons. The van der Waals surface area contributed by atoms with Gasteiger partial charge in [0, 0.05) is 55.2 Å². The van der Waals surface area contributed by atoms with Crippen LogP contribution in [0.1, 0.15) is 67.6 Å². The van der Waals surface area contributed by atoms with Gasteiger partial charge in [0.1, 0.15) is 10.8 Å². The molecule has 1 saturated heterocycles. The van der Waals surface area contributed by atoms with Crippen LogP contribution in [0.4, 0.5) is 8.78 Å². The molecule has 0 bridgehead atoms. The third kappa shape index (κ3) is 5.56. The summed E-state index contributed by atoms with van der Waals surface area (Å²) in [5.41, 5.74) is 4.34. The van der Waals surface area contributed by atoms with Crippen molar-refractivity contribution in [3.63, 3.8) is 0 Å². The van der Waals surface area contributed by atoms with Gasteiger partial charge in [-0.05, 0) is 74.6 Å². The monoisotopic (exact) mass is 526 g/mol. The summed E-state index contributed by atoms with van der Waals surface area (Å²) in [4.78, 5) is 11.3. The molecule has 1 unspecified atom stereocenters. The molecule has 1 spiro atoms. The van der Waals surface area contributed by atoms with Crippen LogP contribution in [0.25, 0.3) is 0 Å². The minimum absolute atomic E-state index is 0.228. The maximum Gasteiger partial charge on any atom is 0.159 e. The van der Waals surface area contributed by atoms with Gasteiger partial charge in [0.05, 0.1) is 17.9 Å². The van der Waals surface area contributed by atoms with Crippen molar-refractivity contribution in [2.45, 2.75) is 63.2 Å². The summed E-state index contributed by atoms with van der Waals surface area (Å²) in [6.45, 7) is 8.76. The lowest BCUT2D eigenvalue weighted by molar-refractivity contribution is -0.0800. The molecule has 196 valence electrons. The number of nitrogens with one attached hydrogen (secondary N) is 1. The summed E-state index contributed by atoms with van der Waals surface area (Å²) in [6.07, 6.45) is 7.40. The zero-order chi connectivity index (χ0) is 26.2. The highest BCUT2D eigenvalue weighted by Gasteiger charge is 2.42. The number of ether oxygens (including phenoxy) is 1. The molecule has 9 heteroatoms. The van der Waals surface area contributed by atoms with Gasteiger partial charge in [-0.1, -0.05) is 12.1 Å². The number of aromatic nitrogens is 2. The molecule has 2 aromatic heterocycles. The highest BCUT2D eigenvalue weighted by molar-refractivity contribution is 7.90. The molecule has 1 fully saturated rings. The quantitative estimate of drug-likeness (QED) is 0.460. The van der Waals surface area contributed by atoms with Crippen molar-refractivity contribution in [3.8, 4) is 0 Å². The molecule has 2 aliphatic rings. The van der Waals surface area contributed by atoms with Gasteiger partial charge in [-0.25, -0.2) is 8.78 Å². The molecule has 0 aliphatic carbocycles. The molecule has 4 heterocycles. The Hall–Kier alpha value is -2.43. The van der Waals surface area contributed by atoms with Crippen LogP contribution in [0.15, 0.2) is 55.0 Å². The largest absolute Gasteiger partial charge is 0.598 e. The molecule has 2 aliphatic heterocycles. The van der Waals surface area contributed by atoms with Crippen LogP contribution in [0.2, 0.25) is 0 Å². The minimum atomic E-state index is -1.44. The van der Waals surface area contributed by atoms with Crippen LogP contribution in [-0.4, -0.2) is 37.3 Å². The first-order chi connectivity index (χ1) is 17.6. The summed E-state index contributed by atoms with van der Waals surface area (Å²) in [5, 5.41) is 0. The molecule has 0 saturated carbocycles. The zero-order valence-electron chi connectivity index (χ0n) is 21.3. The van der Waals surface area contributed by atoms with Gasteiger partial charge in [0.25, 0.3) is 0 Å². The summed E-state index contributed by atoms with van der Waals surface area (Å²) < 4.78 is 49.2. The van der Waals surface area contributed by atoms with Crippen LogP contribution < -0.4 is 4.72 Å². The molecule has 6 nitrogen and oxygen atoms in total. The van der Waals surface area contributed by atoms with Gasteiger partial charge in [0.15, 0.2) is 11.6 Å². The van der Waals surface area contributed by atoms with E-state index in [-0.39, 0.29) is 5.60 Å². The molecule has 37 heavy (non-hydrogen) atoms. The number of halogens is 2. The van der Waals surface area contributed by atoms with Crippen molar-refractivity contribution >= 4 is 11.4 Å². The molecular formula is C28H32F2N4O2S. The van der Waals surface area contributed by atoms with E-state index in [1.807, 2.05) is 51.4 Å². The fraction of sp³-hybridized carbons (Fsp3) is 0.429. The second-order valence-corrected chi connectivity index (χ2v) is 12.8. The van der Waals surface area contributed by atoms with Crippen LogP contribution in [0, 0.1) is 11.6 Å². The fourth-order valence-corrected chi connectivity index (χ4v) is 5.80. The number of benzene rings is 1. The Labute approximate surface area is 219 Å². The lowest BCUT2D eigenvalue weighted by atomic mass is 9.84. The fourth-order valence-electron chi connectivity index (χ4n) is 4.97. The maximum absolute atomic E-state index is 14.0. The van der Waals surface area contributed by atoms with Crippen molar-refractivity contribution in [2.24, 2.45) is 0 Å². The van der Waals surface area contributed by atoms with Gasteiger partial charge in [-0.15, -0.1) is 4.72 Å². The molecule has 0 amide bonds. The molecule has 1 N–H and O–H groups in total. The average molecular weight is 527 g/mol. The Balaban J connectivity index is 1.28. The van der Waals surface area contributed by atoms with Crippen LogP contribution in [0.3, 0.4) is 0 Å². The maximum atomic E-state index is 14.0. The van der Waals surface area contributed by atoms with Gasteiger partial charge in [-0.2, -0.15) is 0 Å². The van der Waals surface area contributed by atoms with Crippen molar-refractivity contribution < 1.29 is 18.1 Å². The van der Waals surface area contributed by atoms with Gasteiger partial charge >= 0.3 is 0 Å². The summed E-state index contributed by atoms with van der Waals surface area (Å²) in [5.74, 6) is -1.87. The van der Waals surface area contributed by atoms with Gasteiger partial charge in [0.2, 0.25) is 0 Å². The lowest BCUT2D eigenvalue weighted by Gasteiger charge is -2.39. The van der Waals surface area contributed by atoms with E-state index in [9.17, 15) is 13.3 Å². The van der Waals surface area contributed by atoms with Crippen molar-refractivity contribution in [3.05, 3.63) is 94.6 Å². The first-order valence-electron chi connectivity index (χ1n) is 12.5. The lowest BCUT2D eigenvalue weighted by Crippen LogP contribution is -2.42. The average Bonchev–Trinajstić information content (AvgIpc) is 3.24. The van der Waals surface area contributed by atoms with Crippen molar-refractivity contribution in [1.29, 1.82) is 0 Å². The van der Waals surface area contributed by atoms with E-state index in [0.29, 0.717) is 17.9 Å². The topological polar surface area (TPSA) is 73.3 Å². The van der Waals surface area contributed by atoms with E-state index in [1.165, 1.54) is 17.2 Å². The number of hydrogen-bond donors (Lipinski definition) is 1. The molecular weight excluding hydrogens is 494 g/mol. The number of fused-ring (bicyclic) bond motifs is 2. The standard InChI is InChI=1S/C28H32F2N4O2S/c1-27(2,3)37(35)33-26(20-5-6-23(29)24(30)14-20)25-7-4-19(15-32-25)17-34-12-9-28(10-13-34)22-16-31-11-8-21(22)18-36-28/h4-8,11,14-16,26,33H,9-10,12-13,17-18H2,1-3H3/t26-,37?/m0/s1.